The van der Waals surface area contributed by atoms with E-state index in [1.165, 1.54) is 6.92 Å². The highest BCUT2D eigenvalue weighted by molar-refractivity contribution is 6.04. The number of aliphatic carboxylic acids is 1. The van der Waals surface area contributed by atoms with Gasteiger partial charge in [-0.3, -0.25) is 19.7 Å². The summed E-state index contributed by atoms with van der Waals surface area (Å²) in [6, 6.07) is -1.33. The lowest BCUT2D eigenvalue weighted by Crippen LogP contribution is -2.62. The quantitative estimate of drug-likeness (QED) is 0.615. The molecule has 0 aromatic rings. The number of urea groups is 1. The summed E-state index contributed by atoms with van der Waals surface area (Å²) < 4.78 is 0. The second kappa shape index (κ2) is 6.55. The molecule has 0 aromatic heterocycles. The van der Waals surface area contributed by atoms with E-state index in [1.54, 1.807) is 13.8 Å². The number of imide groups is 1. The lowest BCUT2D eigenvalue weighted by atomic mass is 9.88. The average Bonchev–Trinajstić information content (AvgIpc) is 2.43. The van der Waals surface area contributed by atoms with Crippen LogP contribution in [0.1, 0.15) is 33.6 Å². The number of nitrogens with zero attached hydrogens (tertiary/aromatic N) is 1. The topological polar surface area (TPSA) is 116 Å². The van der Waals surface area contributed by atoms with Crippen molar-refractivity contribution in [3.05, 3.63) is 0 Å². The lowest BCUT2D eigenvalue weighted by Gasteiger charge is -2.34. The van der Waals surface area contributed by atoms with Crippen molar-refractivity contribution in [2.45, 2.75) is 39.7 Å². The minimum absolute atomic E-state index is 0.0690. The molecule has 0 aromatic carbocycles. The molecular formula is C13H21N3O5. The van der Waals surface area contributed by atoms with Crippen molar-refractivity contribution in [2.24, 2.45) is 5.41 Å². The highest BCUT2D eigenvalue weighted by Crippen LogP contribution is 2.20. The van der Waals surface area contributed by atoms with Crippen molar-refractivity contribution in [3.63, 3.8) is 0 Å². The fourth-order valence-corrected chi connectivity index (χ4v) is 2.01. The maximum absolute atomic E-state index is 12.1. The van der Waals surface area contributed by atoms with Crippen LogP contribution in [0.15, 0.2) is 0 Å². The van der Waals surface area contributed by atoms with Crippen LogP contribution in [0.4, 0.5) is 4.79 Å². The number of nitrogens with one attached hydrogen (secondary N) is 2. The molecule has 2 unspecified atom stereocenters. The van der Waals surface area contributed by atoms with Gasteiger partial charge in [0.05, 0.1) is 5.41 Å². The zero-order valence-corrected chi connectivity index (χ0v) is 12.4. The zero-order chi connectivity index (χ0) is 16.2. The van der Waals surface area contributed by atoms with E-state index < -0.39 is 35.3 Å². The fraction of sp³-hybridized carbons (Fsp3) is 0.692. The Kier molecular flexibility index (Phi) is 5.28. The normalized spacial score (nSPS) is 21.5. The lowest BCUT2D eigenvalue weighted by molar-refractivity contribution is -0.148. The van der Waals surface area contributed by atoms with E-state index in [2.05, 4.69) is 10.6 Å². The number of carboxylic acid groups (broad SMARTS) is 1. The van der Waals surface area contributed by atoms with Crippen LogP contribution < -0.4 is 10.6 Å². The van der Waals surface area contributed by atoms with Gasteiger partial charge in [0.1, 0.15) is 12.6 Å². The number of amides is 4. The largest absolute Gasteiger partial charge is 0.481 e. The molecule has 1 aliphatic heterocycles. The van der Waals surface area contributed by atoms with Crippen LogP contribution in [0.25, 0.3) is 0 Å². The van der Waals surface area contributed by atoms with Crippen LogP contribution in [0.5, 0.6) is 0 Å². The van der Waals surface area contributed by atoms with E-state index in [4.69, 9.17) is 5.11 Å². The number of carbonyl (C=O) groups is 4. The first-order valence-corrected chi connectivity index (χ1v) is 6.86. The van der Waals surface area contributed by atoms with Gasteiger partial charge in [-0.05, 0) is 19.8 Å². The van der Waals surface area contributed by atoms with Gasteiger partial charge in [-0.15, -0.1) is 0 Å². The summed E-state index contributed by atoms with van der Waals surface area (Å²) in [6.45, 7) is 4.69. The van der Waals surface area contributed by atoms with Gasteiger partial charge < -0.3 is 15.3 Å². The van der Waals surface area contributed by atoms with Crippen molar-refractivity contribution < 1.29 is 24.3 Å². The van der Waals surface area contributed by atoms with Crippen LogP contribution in [0.3, 0.4) is 0 Å². The molecule has 0 bridgehead atoms. The van der Waals surface area contributed by atoms with Crippen LogP contribution in [-0.4, -0.2) is 53.0 Å². The van der Waals surface area contributed by atoms with E-state index in [-0.39, 0.29) is 13.1 Å². The minimum Gasteiger partial charge on any atom is -0.481 e. The van der Waals surface area contributed by atoms with E-state index in [0.717, 1.165) is 4.90 Å². The van der Waals surface area contributed by atoms with Crippen LogP contribution in [-0.2, 0) is 14.4 Å². The molecule has 3 N–H and O–H groups in total. The number of rotatable bonds is 5. The van der Waals surface area contributed by atoms with Gasteiger partial charge in [0.2, 0.25) is 11.8 Å². The third-order valence-electron chi connectivity index (χ3n) is 3.83. The molecule has 1 heterocycles. The molecule has 0 spiro atoms. The van der Waals surface area contributed by atoms with Crippen LogP contribution in [0, 0.1) is 5.41 Å². The highest BCUT2D eigenvalue weighted by atomic mass is 16.4. The predicted octanol–water partition coefficient (Wildman–Crippen LogP) is -0.0661. The molecule has 1 fully saturated rings. The third-order valence-corrected chi connectivity index (χ3v) is 3.83. The van der Waals surface area contributed by atoms with Gasteiger partial charge in [-0.25, -0.2) is 4.79 Å². The summed E-state index contributed by atoms with van der Waals surface area (Å²) >= 11 is 0. The molecule has 8 heteroatoms. The molecular weight excluding hydrogens is 278 g/mol. The van der Waals surface area contributed by atoms with Crippen LogP contribution in [0.2, 0.25) is 0 Å². The summed E-state index contributed by atoms with van der Waals surface area (Å²) in [6.07, 6.45) is 0.718. The van der Waals surface area contributed by atoms with Crippen molar-refractivity contribution in [1.29, 1.82) is 0 Å². The molecule has 1 saturated heterocycles. The van der Waals surface area contributed by atoms with Gasteiger partial charge in [-0.2, -0.15) is 0 Å². The zero-order valence-electron chi connectivity index (χ0n) is 12.4. The number of hydrogen-bond acceptors (Lipinski definition) is 4. The Balaban J connectivity index is 2.75. The Morgan fingerprint density at radius 3 is 2.52 bits per heavy atom. The second-order valence-corrected chi connectivity index (χ2v) is 5.34. The van der Waals surface area contributed by atoms with E-state index in [0.29, 0.717) is 12.8 Å². The smallest absolute Gasteiger partial charge is 0.318 e. The molecule has 21 heavy (non-hydrogen) atoms. The second-order valence-electron chi connectivity index (χ2n) is 5.34. The monoisotopic (exact) mass is 299 g/mol. The Hall–Kier alpha value is -2.12. The molecule has 118 valence electrons. The summed E-state index contributed by atoms with van der Waals surface area (Å²) in [7, 11) is 0. The van der Waals surface area contributed by atoms with Crippen molar-refractivity contribution in [3.8, 4) is 0 Å². The number of carbonyl (C=O) groups excluding carboxylic acids is 3. The van der Waals surface area contributed by atoms with Crippen molar-refractivity contribution >= 4 is 23.8 Å². The Bertz CT molecular complexity index is 465. The summed E-state index contributed by atoms with van der Waals surface area (Å²) in [5.41, 5.74) is -1.08. The highest BCUT2D eigenvalue weighted by Gasteiger charge is 2.37. The molecule has 0 aliphatic carbocycles. The maximum atomic E-state index is 12.1. The van der Waals surface area contributed by atoms with Gasteiger partial charge in [0.25, 0.3) is 0 Å². The first-order chi connectivity index (χ1) is 9.75. The van der Waals surface area contributed by atoms with Gasteiger partial charge in [0.15, 0.2) is 0 Å². The van der Waals surface area contributed by atoms with Gasteiger partial charge in [0, 0.05) is 6.54 Å². The third kappa shape index (κ3) is 3.71. The van der Waals surface area contributed by atoms with Crippen LogP contribution >= 0.6 is 0 Å². The molecule has 2 atom stereocenters. The molecule has 1 rings (SSSR count). The van der Waals surface area contributed by atoms with Gasteiger partial charge >= 0.3 is 12.0 Å². The molecule has 0 radical (unpaired) electrons. The number of piperazine rings is 1. The van der Waals surface area contributed by atoms with Gasteiger partial charge in [-0.1, -0.05) is 13.8 Å². The SMILES string of the molecule is CCC1C(=O)NC(=O)CN1C(=O)NCC(C)(CC)C(=O)O. The Labute approximate surface area is 122 Å². The number of hydrogen-bond donors (Lipinski definition) is 3. The van der Waals surface area contributed by atoms with E-state index >= 15 is 0 Å². The standard InChI is InChI=1S/C13H21N3O5/c1-4-8-10(18)15-9(17)6-16(8)12(21)14-7-13(3,5-2)11(19)20/h8H,4-7H2,1-3H3,(H,14,21)(H,19,20)(H,15,17,18). The fourth-order valence-electron chi connectivity index (χ4n) is 2.01. The molecule has 8 nitrogen and oxygen atoms in total. The molecule has 0 saturated carbocycles. The minimum atomic E-state index is -1.08. The van der Waals surface area contributed by atoms with Crippen molar-refractivity contribution in [1.82, 2.24) is 15.5 Å². The maximum Gasteiger partial charge on any atom is 0.318 e. The van der Waals surface area contributed by atoms with Crippen molar-refractivity contribution in [2.75, 3.05) is 13.1 Å². The molecule has 1 aliphatic rings. The summed E-state index contributed by atoms with van der Waals surface area (Å²) in [4.78, 5) is 47.5. The average molecular weight is 299 g/mol. The number of carboxylic acids is 1. The van der Waals surface area contributed by atoms with E-state index in [1.807, 2.05) is 0 Å². The first kappa shape index (κ1) is 16.9. The Morgan fingerprint density at radius 2 is 2.05 bits per heavy atom. The summed E-state index contributed by atoms with van der Waals surface area (Å²) in [5, 5.41) is 13.8. The summed E-state index contributed by atoms with van der Waals surface area (Å²) in [5.74, 6) is -2.07. The van der Waals surface area contributed by atoms with E-state index in [9.17, 15) is 19.2 Å². The molecule has 4 amide bonds. The predicted molar refractivity (Wildman–Crippen MR) is 73.4 cm³/mol. The first-order valence-electron chi connectivity index (χ1n) is 6.86. The Morgan fingerprint density at radius 1 is 1.43 bits per heavy atom.